The number of rotatable bonds is 6. The molecule has 10 radical (unpaired) electrons. The topological polar surface area (TPSA) is 51.0 Å². The molecule has 0 aromatic heterocycles. The van der Waals surface area contributed by atoms with Crippen LogP contribution in [0.5, 0.6) is 0 Å². The average Bonchev–Trinajstić information content (AvgIpc) is 3.40. The van der Waals surface area contributed by atoms with Crippen molar-refractivity contribution in [2.75, 3.05) is 13.2 Å². The van der Waals surface area contributed by atoms with Gasteiger partial charge in [0.25, 0.3) is 0 Å². The van der Waals surface area contributed by atoms with Gasteiger partial charge < -0.3 is 14.3 Å². The van der Waals surface area contributed by atoms with Crippen LogP contribution < -0.4 is 0 Å². The molecule has 0 aromatic rings. The number of ether oxygens (including phenoxy) is 1. The van der Waals surface area contributed by atoms with Crippen molar-refractivity contribution in [1.82, 2.24) is 0 Å². The Hall–Kier alpha value is -0.134. The molecule has 1 heterocycles. The third-order valence-corrected chi connectivity index (χ3v) is 10.2. The van der Waals surface area contributed by atoms with Crippen LogP contribution in [-0.2, 0) is 26.2 Å². The van der Waals surface area contributed by atoms with Crippen LogP contribution in [0, 0.1) is 63.2 Å². The molecular weight excluding hydrogens is 446 g/mol. The Balaban J connectivity index is 0.000000302. The van der Waals surface area contributed by atoms with Crippen LogP contribution in [0.1, 0.15) is 34.6 Å². The first-order valence-electron chi connectivity index (χ1n) is 10.6. The van der Waals surface area contributed by atoms with E-state index in [2.05, 4.69) is 63.9 Å². The van der Waals surface area contributed by atoms with Crippen molar-refractivity contribution in [2.45, 2.75) is 64.4 Å². The molecule has 0 saturated heterocycles. The first-order valence-corrected chi connectivity index (χ1v) is 13.5. The minimum atomic E-state index is -1.58. The summed E-state index contributed by atoms with van der Waals surface area (Å²) in [5.41, 5.74) is -0.811. The zero-order chi connectivity index (χ0) is 22.4. The quantitative estimate of drug-likeness (QED) is 0.546. The van der Waals surface area contributed by atoms with Crippen LogP contribution in [0.4, 0.5) is 0 Å². The first kappa shape index (κ1) is 28.9. The summed E-state index contributed by atoms with van der Waals surface area (Å²) in [5, 5.41) is 10.0. The smallest absolute Gasteiger partial charge is 0.478 e. The number of aliphatic imine (C=N–C) groups is 1. The van der Waals surface area contributed by atoms with Crippen LogP contribution in [-0.4, -0.2) is 44.2 Å². The minimum absolute atomic E-state index is 0. The zero-order valence-corrected chi connectivity index (χ0v) is 21.9. The predicted molar refractivity (Wildman–Crippen MR) is 127 cm³/mol. The van der Waals surface area contributed by atoms with E-state index in [9.17, 15) is 5.11 Å². The van der Waals surface area contributed by atoms with Crippen molar-refractivity contribution in [3.63, 3.8) is 0 Å². The summed E-state index contributed by atoms with van der Waals surface area (Å²) < 4.78 is 11.5. The first-order chi connectivity index (χ1) is 13.9. The van der Waals surface area contributed by atoms with Crippen molar-refractivity contribution >= 4 is 14.2 Å². The molecule has 1 aliphatic heterocycles. The van der Waals surface area contributed by atoms with Gasteiger partial charge in [0.1, 0.15) is 12.6 Å². The van der Waals surface area contributed by atoms with E-state index in [1.165, 1.54) is 5.92 Å². The van der Waals surface area contributed by atoms with Gasteiger partial charge in [0.15, 0.2) is 14.2 Å². The van der Waals surface area contributed by atoms with Gasteiger partial charge in [0.2, 0.25) is 0 Å². The summed E-state index contributed by atoms with van der Waals surface area (Å²) in [4.78, 5) is 4.35. The van der Waals surface area contributed by atoms with Crippen molar-refractivity contribution in [2.24, 2.45) is 4.99 Å². The van der Waals surface area contributed by atoms with Gasteiger partial charge in [-0.05, 0) is 83.3 Å². The summed E-state index contributed by atoms with van der Waals surface area (Å²) in [6, 6.07) is -0.160. The van der Waals surface area contributed by atoms with E-state index >= 15 is 0 Å². The molecule has 31 heavy (non-hydrogen) atoms. The zero-order valence-electron chi connectivity index (χ0n) is 19.8. The number of nitrogens with zero attached hydrogens (tertiary/aromatic N) is 1. The molecule has 2 aliphatic carbocycles. The Morgan fingerprint density at radius 2 is 1.61 bits per heavy atom. The molecular formula is C25H37FeNO3Si+2. The van der Waals surface area contributed by atoms with Crippen molar-refractivity contribution in [1.29, 1.82) is 0 Å². The van der Waals surface area contributed by atoms with Gasteiger partial charge in [0, 0.05) is 5.92 Å². The number of allylic oxidation sites excluding steroid dienone is 1. The second kappa shape index (κ2) is 12.4. The van der Waals surface area contributed by atoms with Gasteiger partial charge in [-0.1, -0.05) is 32.9 Å². The van der Waals surface area contributed by atoms with E-state index in [1.807, 2.05) is 38.5 Å². The van der Waals surface area contributed by atoms with E-state index in [1.54, 1.807) is 13.8 Å². The van der Waals surface area contributed by atoms with Gasteiger partial charge in [-0.3, -0.25) is 0 Å². The third-order valence-electron chi connectivity index (χ3n) is 5.72. The third kappa shape index (κ3) is 9.33. The maximum Gasteiger partial charge on any atom is 2.00 e. The summed E-state index contributed by atoms with van der Waals surface area (Å²) in [6.45, 7) is 16.0. The Morgan fingerprint density at radius 3 is 2.10 bits per heavy atom. The molecule has 1 N–H and O–H groups in total. The Kier molecular flexibility index (Phi) is 11.5. The Morgan fingerprint density at radius 1 is 1.06 bits per heavy atom. The molecule has 2 saturated carbocycles. The summed E-state index contributed by atoms with van der Waals surface area (Å²) in [5.74, 6) is 2.87. The maximum atomic E-state index is 9.75. The molecule has 3 rings (SSSR count). The van der Waals surface area contributed by atoms with Crippen molar-refractivity contribution in [3.05, 3.63) is 75.4 Å². The van der Waals surface area contributed by atoms with Crippen molar-refractivity contribution in [3.8, 4) is 0 Å². The summed E-state index contributed by atoms with van der Waals surface area (Å²) >= 11 is 0. The average molecular weight is 484 g/mol. The molecule has 0 bridgehead atoms. The molecule has 4 nitrogen and oxygen atoms in total. The normalized spacial score (nSPS) is 23.4. The molecule has 0 spiro atoms. The fourth-order valence-corrected chi connectivity index (χ4v) is 3.51. The predicted octanol–water partition coefficient (Wildman–Crippen LogP) is 4.93. The second-order valence-electron chi connectivity index (χ2n) is 9.78. The monoisotopic (exact) mass is 483 g/mol. The van der Waals surface area contributed by atoms with Crippen LogP contribution >= 0.6 is 0 Å². The standard InChI is InChI=1S/C14H23OSi.C11H14NO2.Fe/c1-14(2,3)16(4,5)15-12-8-11-13-9-6-7-10-13;1-11(2,13)9-7-14-10(12-9)8-5-3-4-6-8;/h6-11H,12H2,1-5H3;3-6,9,13H,7H2,1-2H3;/q;;+2/b11-8+;;/t;9-;/m.0./s1. The Bertz CT molecular complexity index is 581. The number of hydrogen-bond donors (Lipinski definition) is 1. The van der Waals surface area contributed by atoms with Gasteiger partial charge in [-0.25, -0.2) is 4.99 Å². The van der Waals surface area contributed by atoms with E-state index in [4.69, 9.17) is 9.16 Å². The summed E-state index contributed by atoms with van der Waals surface area (Å²) in [7, 11) is -1.58. The molecule has 1 atom stereocenters. The molecule has 0 amide bonds. The van der Waals surface area contributed by atoms with Gasteiger partial charge in [0.05, 0.1) is 18.1 Å². The molecule has 0 aromatic carbocycles. The Labute approximate surface area is 203 Å². The fraction of sp³-hybridized carbons (Fsp3) is 0.480. The van der Waals surface area contributed by atoms with E-state index in [0.717, 1.165) is 12.5 Å². The maximum absolute atomic E-state index is 9.75. The largest absolute Gasteiger partial charge is 2.00 e. The molecule has 0 unspecified atom stereocenters. The van der Waals surface area contributed by atoms with E-state index in [-0.39, 0.29) is 23.1 Å². The molecule has 6 heteroatoms. The minimum Gasteiger partial charge on any atom is -0.478 e. The second-order valence-corrected chi connectivity index (χ2v) is 14.6. The van der Waals surface area contributed by atoms with E-state index < -0.39 is 13.9 Å². The van der Waals surface area contributed by atoms with Crippen LogP contribution in [0.3, 0.4) is 0 Å². The van der Waals surface area contributed by atoms with Crippen molar-refractivity contribution < 1.29 is 31.3 Å². The molecule has 170 valence electrons. The van der Waals surface area contributed by atoms with Gasteiger partial charge >= 0.3 is 17.1 Å². The van der Waals surface area contributed by atoms with Crippen LogP contribution in [0.25, 0.3) is 0 Å². The summed E-state index contributed by atoms with van der Waals surface area (Å²) in [6.07, 6.45) is 20.3. The van der Waals surface area contributed by atoms with Crippen LogP contribution in [0.15, 0.2) is 17.1 Å². The molecule has 3 aliphatic rings. The van der Waals surface area contributed by atoms with Gasteiger partial charge in [-0.2, -0.15) is 0 Å². The van der Waals surface area contributed by atoms with Gasteiger partial charge in [-0.15, -0.1) is 0 Å². The SMILES string of the molecule is CC(C)(C)[Si](C)(C)OC/C=C/[C]1[CH][CH][CH][CH]1.CC(C)(O)[C@@H]1COC([C]2[CH][CH][CH][CH]2)=N1.[Fe+2]. The molecule has 2 fully saturated rings. The fourth-order valence-electron chi connectivity index (χ4n) is 2.57. The van der Waals surface area contributed by atoms with E-state index in [0.29, 0.717) is 17.5 Å². The van der Waals surface area contributed by atoms with Crippen LogP contribution in [0.2, 0.25) is 18.1 Å². The number of aliphatic hydroxyl groups is 1. The number of hydrogen-bond acceptors (Lipinski definition) is 4.